The van der Waals surface area contributed by atoms with Gasteiger partial charge in [-0.1, -0.05) is 32.0 Å². The molecule has 1 aliphatic rings. The van der Waals surface area contributed by atoms with Crippen LogP contribution < -0.4 is 0 Å². The summed E-state index contributed by atoms with van der Waals surface area (Å²) in [5.41, 5.74) is 0.751. The van der Waals surface area contributed by atoms with Crippen molar-refractivity contribution in [3.63, 3.8) is 0 Å². The van der Waals surface area contributed by atoms with Crippen LogP contribution in [-0.4, -0.2) is 54.7 Å². The number of carbonyl (C=O) groups is 2. The van der Waals surface area contributed by atoms with Gasteiger partial charge in [0.05, 0.1) is 0 Å². The predicted octanol–water partition coefficient (Wildman–Crippen LogP) is 3.15. The van der Waals surface area contributed by atoms with Crippen LogP contribution in [-0.2, 0) is 16.0 Å². The zero-order valence-electron chi connectivity index (χ0n) is 16.2. The van der Waals surface area contributed by atoms with Crippen molar-refractivity contribution in [2.24, 2.45) is 11.8 Å². The number of hydrogen-bond donors (Lipinski definition) is 0. The number of benzene rings is 1. The fourth-order valence-electron chi connectivity index (χ4n) is 3.62. The van der Waals surface area contributed by atoms with Crippen molar-refractivity contribution >= 4 is 11.7 Å². The lowest BCUT2D eigenvalue weighted by atomic mass is 9.96. The third-order valence-corrected chi connectivity index (χ3v) is 4.97. The maximum absolute atomic E-state index is 13.8. The largest absolute Gasteiger partial charge is 0.339 e. The van der Waals surface area contributed by atoms with Gasteiger partial charge < -0.3 is 9.80 Å². The molecule has 0 radical (unpaired) electrons. The minimum atomic E-state index is -0.373. The van der Waals surface area contributed by atoms with E-state index in [2.05, 4.69) is 4.90 Å². The Kier molecular flexibility index (Phi) is 7.76. The van der Waals surface area contributed by atoms with E-state index in [1.54, 1.807) is 18.0 Å². The monoisotopic (exact) mass is 362 g/mol. The van der Waals surface area contributed by atoms with Crippen LogP contribution in [0.3, 0.4) is 0 Å². The topological polar surface area (TPSA) is 40.6 Å². The number of nitrogens with zero attached hydrogens (tertiary/aromatic N) is 2. The molecular formula is C21H31FN2O2. The molecule has 26 heavy (non-hydrogen) atoms. The van der Waals surface area contributed by atoms with Crippen molar-refractivity contribution in [2.75, 3.05) is 33.2 Å². The molecule has 2 rings (SSSR count). The van der Waals surface area contributed by atoms with Crippen molar-refractivity contribution in [2.45, 2.75) is 39.5 Å². The Morgan fingerprint density at radius 1 is 1.31 bits per heavy atom. The summed E-state index contributed by atoms with van der Waals surface area (Å²) in [4.78, 5) is 28.1. The summed E-state index contributed by atoms with van der Waals surface area (Å²) < 4.78 is 13.8. The van der Waals surface area contributed by atoms with Gasteiger partial charge >= 0.3 is 0 Å². The molecule has 0 aromatic heterocycles. The van der Waals surface area contributed by atoms with Gasteiger partial charge in [0.1, 0.15) is 5.82 Å². The van der Waals surface area contributed by atoms with Crippen LogP contribution in [0.4, 0.5) is 4.39 Å². The van der Waals surface area contributed by atoms with Gasteiger partial charge in [0, 0.05) is 33.1 Å². The molecule has 0 unspecified atom stereocenters. The lowest BCUT2D eigenvalue weighted by Crippen LogP contribution is -2.43. The highest BCUT2D eigenvalue weighted by atomic mass is 19.1. The molecule has 1 aromatic carbocycles. The lowest BCUT2D eigenvalue weighted by molar-refractivity contribution is -0.144. The van der Waals surface area contributed by atoms with Crippen molar-refractivity contribution in [1.29, 1.82) is 0 Å². The Morgan fingerprint density at radius 3 is 2.73 bits per heavy atom. The summed E-state index contributed by atoms with van der Waals surface area (Å²) in [6.45, 7) is 7.22. The molecule has 1 amide bonds. The third kappa shape index (κ3) is 6.20. The van der Waals surface area contributed by atoms with Crippen molar-refractivity contribution in [3.8, 4) is 0 Å². The third-order valence-electron chi connectivity index (χ3n) is 4.97. The fraction of sp³-hybridized carbons (Fsp3) is 0.619. The van der Waals surface area contributed by atoms with E-state index in [9.17, 15) is 14.0 Å². The van der Waals surface area contributed by atoms with Gasteiger partial charge in [-0.25, -0.2) is 4.39 Å². The second-order valence-electron chi connectivity index (χ2n) is 7.86. The van der Waals surface area contributed by atoms with E-state index in [0.717, 1.165) is 38.0 Å². The lowest BCUT2D eigenvalue weighted by Gasteiger charge is -2.34. The van der Waals surface area contributed by atoms with Gasteiger partial charge in [-0.2, -0.15) is 0 Å². The van der Waals surface area contributed by atoms with Crippen LogP contribution >= 0.6 is 0 Å². The molecule has 0 saturated carbocycles. The Labute approximate surface area is 156 Å². The molecule has 0 bridgehead atoms. The molecule has 0 N–H and O–H groups in total. The number of halogens is 1. The van der Waals surface area contributed by atoms with E-state index in [-0.39, 0.29) is 23.4 Å². The second-order valence-corrected chi connectivity index (χ2v) is 7.86. The molecule has 1 aliphatic heterocycles. The Balaban J connectivity index is 1.81. The van der Waals surface area contributed by atoms with Gasteiger partial charge in [-0.15, -0.1) is 0 Å². The average molecular weight is 362 g/mol. The molecule has 1 heterocycles. The highest BCUT2D eigenvalue weighted by Crippen LogP contribution is 2.19. The Bertz CT molecular complexity index is 618. The maximum atomic E-state index is 13.8. The van der Waals surface area contributed by atoms with Crippen LogP contribution in [0.5, 0.6) is 0 Å². The zero-order valence-corrected chi connectivity index (χ0v) is 16.2. The van der Waals surface area contributed by atoms with E-state index in [1.807, 2.05) is 26.0 Å². The number of likely N-dealkylation sites (N-methyl/N-ethyl adjacent to an activating group) is 1. The number of hydrogen-bond acceptors (Lipinski definition) is 3. The number of piperidine rings is 1. The molecule has 1 fully saturated rings. The van der Waals surface area contributed by atoms with E-state index < -0.39 is 0 Å². The van der Waals surface area contributed by atoms with Crippen molar-refractivity contribution in [3.05, 3.63) is 35.6 Å². The smallest absolute Gasteiger partial charge is 0.289 e. The SMILES string of the molecule is CC(C)CC(=O)C(=O)N(C)C[C@H]1CCCN(CCc2ccccc2F)C1. The van der Waals surface area contributed by atoms with E-state index in [1.165, 1.54) is 6.07 Å². The summed E-state index contributed by atoms with van der Waals surface area (Å²) in [6.07, 6.45) is 3.14. The molecule has 0 spiro atoms. The first-order valence-electron chi connectivity index (χ1n) is 9.61. The minimum Gasteiger partial charge on any atom is -0.339 e. The first-order chi connectivity index (χ1) is 12.4. The first-order valence-corrected chi connectivity index (χ1v) is 9.61. The predicted molar refractivity (Wildman–Crippen MR) is 101 cm³/mol. The number of ketones is 1. The summed E-state index contributed by atoms with van der Waals surface area (Å²) >= 11 is 0. The van der Waals surface area contributed by atoms with Crippen LogP contribution in [0, 0.1) is 17.7 Å². The van der Waals surface area contributed by atoms with Crippen molar-refractivity contribution < 1.29 is 14.0 Å². The van der Waals surface area contributed by atoms with E-state index >= 15 is 0 Å². The minimum absolute atomic E-state index is 0.143. The highest BCUT2D eigenvalue weighted by Gasteiger charge is 2.25. The zero-order chi connectivity index (χ0) is 19.1. The standard InChI is InChI=1S/C21H31FN2O2/c1-16(2)13-20(25)21(26)23(3)14-17-7-6-11-24(15-17)12-10-18-8-4-5-9-19(18)22/h4-5,8-9,16-17H,6-7,10-15H2,1-3H3/t17-/m1/s1. The van der Waals surface area contributed by atoms with Gasteiger partial charge in [0.25, 0.3) is 5.91 Å². The quantitative estimate of drug-likeness (QED) is 0.667. The molecule has 1 atom stereocenters. The van der Waals surface area contributed by atoms with Gasteiger partial charge in [0.2, 0.25) is 5.78 Å². The average Bonchev–Trinajstić information content (AvgIpc) is 2.60. The Hall–Kier alpha value is -1.75. The van der Waals surface area contributed by atoms with Gasteiger partial charge in [0.15, 0.2) is 0 Å². The van der Waals surface area contributed by atoms with Crippen LogP contribution in [0.15, 0.2) is 24.3 Å². The summed E-state index contributed by atoms with van der Waals surface area (Å²) in [5.74, 6) is -0.250. The number of carbonyl (C=O) groups excluding carboxylic acids is 2. The highest BCUT2D eigenvalue weighted by molar-refractivity contribution is 6.36. The number of rotatable bonds is 8. The number of Topliss-reactive ketones (excluding diaryl/α,β-unsaturated/α-hetero) is 1. The van der Waals surface area contributed by atoms with Crippen molar-refractivity contribution in [1.82, 2.24) is 9.80 Å². The molecule has 1 aromatic rings. The van der Waals surface area contributed by atoms with E-state index in [4.69, 9.17) is 0 Å². The second kappa shape index (κ2) is 9.81. The number of likely N-dealkylation sites (tertiary alicyclic amines) is 1. The molecule has 5 heteroatoms. The van der Waals surface area contributed by atoms with Crippen LogP contribution in [0.2, 0.25) is 0 Å². The summed E-state index contributed by atoms with van der Waals surface area (Å²) in [5, 5.41) is 0. The summed E-state index contributed by atoms with van der Waals surface area (Å²) in [7, 11) is 1.72. The van der Waals surface area contributed by atoms with Crippen LogP contribution in [0.25, 0.3) is 0 Å². The Morgan fingerprint density at radius 2 is 2.04 bits per heavy atom. The first kappa shape index (κ1) is 20.6. The molecular weight excluding hydrogens is 331 g/mol. The molecule has 144 valence electrons. The van der Waals surface area contributed by atoms with Gasteiger partial charge in [-0.3, -0.25) is 9.59 Å². The van der Waals surface area contributed by atoms with Crippen LogP contribution in [0.1, 0.15) is 38.7 Å². The normalized spacial score (nSPS) is 18.1. The van der Waals surface area contributed by atoms with E-state index in [0.29, 0.717) is 25.3 Å². The molecule has 4 nitrogen and oxygen atoms in total. The summed E-state index contributed by atoms with van der Waals surface area (Å²) in [6, 6.07) is 6.92. The number of amides is 1. The molecule has 0 aliphatic carbocycles. The molecule has 1 saturated heterocycles. The van der Waals surface area contributed by atoms with Gasteiger partial charge in [-0.05, 0) is 49.3 Å². The maximum Gasteiger partial charge on any atom is 0.289 e. The fourth-order valence-corrected chi connectivity index (χ4v) is 3.62.